The molecule has 11 heteroatoms. The third-order valence-corrected chi connectivity index (χ3v) is 2.45. The summed E-state index contributed by atoms with van der Waals surface area (Å²) in [4.78, 5) is 0. The van der Waals surface area contributed by atoms with E-state index in [0.29, 0.717) is 12.3 Å². The van der Waals surface area contributed by atoms with E-state index in [1.807, 2.05) is 5.43 Å². The number of nitrogens with zero attached hydrogens (tertiary/aromatic N) is 1. The van der Waals surface area contributed by atoms with Crippen molar-refractivity contribution >= 4 is 23.5 Å². The Kier molecular flexibility index (Phi) is 5.22. The maximum absolute atomic E-state index is 13.0. The van der Waals surface area contributed by atoms with Crippen LogP contribution in [0.25, 0.3) is 0 Å². The van der Waals surface area contributed by atoms with E-state index in [-0.39, 0.29) is 11.2 Å². The van der Waals surface area contributed by atoms with Crippen molar-refractivity contribution in [3.05, 3.63) is 28.8 Å². The number of hydrogen-bond acceptors (Lipinski definition) is 3. The van der Waals surface area contributed by atoms with Gasteiger partial charge < -0.3 is 10.5 Å². The standard InChI is InChI=1S/C11H9F6N3OS/c1-21-8-3-5(10(12,13)14)2-7(11(15,16)17)6(8)4-19-20-9(18)22/h2-4H,1H3,(H3,18,20,22). The molecule has 0 aromatic heterocycles. The number of nitrogens with two attached hydrogens (primary N) is 1. The van der Waals surface area contributed by atoms with Gasteiger partial charge in [-0.3, -0.25) is 5.43 Å². The van der Waals surface area contributed by atoms with Gasteiger partial charge in [-0.2, -0.15) is 31.4 Å². The number of methoxy groups -OCH3 is 1. The molecule has 0 spiro atoms. The van der Waals surface area contributed by atoms with E-state index >= 15 is 0 Å². The molecule has 22 heavy (non-hydrogen) atoms. The van der Waals surface area contributed by atoms with Gasteiger partial charge in [-0.25, -0.2) is 0 Å². The fourth-order valence-electron chi connectivity index (χ4n) is 1.49. The molecule has 0 bridgehead atoms. The van der Waals surface area contributed by atoms with Gasteiger partial charge in [-0.15, -0.1) is 0 Å². The van der Waals surface area contributed by atoms with Crippen LogP contribution in [-0.4, -0.2) is 18.4 Å². The summed E-state index contributed by atoms with van der Waals surface area (Å²) in [5, 5.41) is 2.99. The maximum Gasteiger partial charge on any atom is 0.417 e. The average Bonchev–Trinajstić information content (AvgIpc) is 2.35. The molecule has 0 aliphatic carbocycles. The molecule has 4 nitrogen and oxygen atoms in total. The molecule has 0 aliphatic heterocycles. The lowest BCUT2D eigenvalue weighted by Gasteiger charge is -2.17. The van der Waals surface area contributed by atoms with Crippen molar-refractivity contribution in [3.8, 4) is 5.75 Å². The van der Waals surface area contributed by atoms with Crippen LogP contribution < -0.4 is 15.9 Å². The van der Waals surface area contributed by atoms with Crippen LogP contribution in [0, 0.1) is 0 Å². The minimum Gasteiger partial charge on any atom is -0.496 e. The number of hydrazone groups is 1. The monoisotopic (exact) mass is 345 g/mol. The third-order valence-electron chi connectivity index (χ3n) is 2.36. The summed E-state index contributed by atoms with van der Waals surface area (Å²) in [6, 6.07) is 0.419. The third kappa shape index (κ3) is 4.48. The van der Waals surface area contributed by atoms with Crippen molar-refractivity contribution in [2.24, 2.45) is 10.8 Å². The van der Waals surface area contributed by atoms with E-state index in [2.05, 4.69) is 22.1 Å². The highest BCUT2D eigenvalue weighted by Crippen LogP contribution is 2.40. The van der Waals surface area contributed by atoms with Crippen molar-refractivity contribution in [2.75, 3.05) is 7.11 Å². The Morgan fingerprint density at radius 1 is 1.23 bits per heavy atom. The Labute approximate surface area is 125 Å². The number of hydrogen-bond donors (Lipinski definition) is 2. The number of nitrogens with one attached hydrogen (secondary N) is 1. The number of thiocarbonyl (C=S) groups is 1. The van der Waals surface area contributed by atoms with E-state index in [9.17, 15) is 26.3 Å². The first-order chi connectivity index (χ1) is 9.96. The van der Waals surface area contributed by atoms with E-state index < -0.39 is 34.8 Å². The van der Waals surface area contributed by atoms with E-state index in [0.717, 1.165) is 7.11 Å². The van der Waals surface area contributed by atoms with Gasteiger partial charge in [0.05, 0.1) is 24.5 Å². The largest absolute Gasteiger partial charge is 0.496 e. The highest BCUT2D eigenvalue weighted by molar-refractivity contribution is 7.80. The van der Waals surface area contributed by atoms with Gasteiger partial charge in [0, 0.05) is 5.56 Å². The summed E-state index contributed by atoms with van der Waals surface area (Å²) in [5.41, 5.74) is 3.31. The first kappa shape index (κ1) is 18.0. The Morgan fingerprint density at radius 2 is 1.82 bits per heavy atom. The summed E-state index contributed by atoms with van der Waals surface area (Å²) >= 11 is 4.40. The molecule has 1 aromatic rings. The molecule has 0 heterocycles. The Bertz CT molecular complexity index is 597. The summed E-state index contributed by atoms with van der Waals surface area (Å²) in [7, 11) is 0.938. The molecule has 0 saturated carbocycles. The topological polar surface area (TPSA) is 59.6 Å². The molecule has 0 fully saturated rings. The van der Waals surface area contributed by atoms with Crippen LogP contribution in [0.15, 0.2) is 17.2 Å². The quantitative estimate of drug-likeness (QED) is 0.383. The molecule has 3 N–H and O–H groups in total. The van der Waals surface area contributed by atoms with Crippen molar-refractivity contribution in [2.45, 2.75) is 12.4 Å². The van der Waals surface area contributed by atoms with Crippen LogP contribution in [0.5, 0.6) is 5.75 Å². The smallest absolute Gasteiger partial charge is 0.417 e. The summed E-state index contributed by atoms with van der Waals surface area (Å²) in [6.07, 6.45) is -9.37. The van der Waals surface area contributed by atoms with E-state index in [4.69, 9.17) is 5.73 Å². The van der Waals surface area contributed by atoms with Gasteiger partial charge in [0.2, 0.25) is 0 Å². The van der Waals surface area contributed by atoms with Crippen LogP contribution in [0.1, 0.15) is 16.7 Å². The van der Waals surface area contributed by atoms with Gasteiger partial charge >= 0.3 is 12.4 Å². The summed E-state index contributed by atoms with van der Waals surface area (Å²) in [6.45, 7) is 0. The molecule has 0 atom stereocenters. The number of alkyl halides is 6. The van der Waals surface area contributed by atoms with Gasteiger partial charge in [-0.1, -0.05) is 0 Å². The molecule has 0 amide bonds. The zero-order valence-corrected chi connectivity index (χ0v) is 11.7. The molecule has 0 unspecified atom stereocenters. The Balaban J connectivity index is 3.52. The molecule has 0 saturated heterocycles. The number of ether oxygens (including phenoxy) is 1. The average molecular weight is 345 g/mol. The van der Waals surface area contributed by atoms with Gasteiger partial charge in [-0.05, 0) is 24.4 Å². The van der Waals surface area contributed by atoms with Crippen LogP contribution in [-0.2, 0) is 12.4 Å². The maximum atomic E-state index is 13.0. The molecular weight excluding hydrogens is 336 g/mol. The first-order valence-electron chi connectivity index (χ1n) is 5.41. The van der Waals surface area contributed by atoms with Gasteiger partial charge in [0.1, 0.15) is 5.75 Å². The van der Waals surface area contributed by atoms with Crippen molar-refractivity contribution < 1.29 is 31.1 Å². The van der Waals surface area contributed by atoms with Crippen LogP contribution in [0.3, 0.4) is 0 Å². The van der Waals surface area contributed by atoms with E-state index in [1.165, 1.54) is 0 Å². The molecular formula is C11H9F6N3OS. The second-order valence-corrected chi connectivity index (χ2v) is 4.31. The summed E-state index contributed by atoms with van der Waals surface area (Å²) in [5.74, 6) is -0.643. The van der Waals surface area contributed by atoms with E-state index in [1.54, 1.807) is 0 Å². The van der Waals surface area contributed by atoms with Crippen molar-refractivity contribution in [1.82, 2.24) is 5.43 Å². The number of benzene rings is 1. The SMILES string of the molecule is COc1cc(C(F)(F)F)cc(C(F)(F)F)c1C=NNC(N)=S. The molecule has 0 aliphatic rings. The fraction of sp³-hybridized carbons (Fsp3) is 0.273. The minimum absolute atomic E-state index is 0.0232. The lowest BCUT2D eigenvalue weighted by molar-refractivity contribution is -0.143. The Hall–Kier alpha value is -2.04. The highest BCUT2D eigenvalue weighted by atomic mass is 32.1. The fourth-order valence-corrected chi connectivity index (χ4v) is 1.54. The number of rotatable bonds is 3. The predicted octanol–water partition coefficient (Wildman–Crippen LogP) is 2.90. The normalized spacial score (nSPS) is 12.5. The van der Waals surface area contributed by atoms with Gasteiger partial charge in [0.25, 0.3) is 0 Å². The van der Waals surface area contributed by atoms with Crippen molar-refractivity contribution in [1.29, 1.82) is 0 Å². The summed E-state index contributed by atoms with van der Waals surface area (Å²) < 4.78 is 81.5. The first-order valence-corrected chi connectivity index (χ1v) is 5.82. The second kappa shape index (κ2) is 6.38. The second-order valence-electron chi connectivity index (χ2n) is 3.87. The Morgan fingerprint density at radius 3 is 2.23 bits per heavy atom. The number of halogens is 6. The lowest BCUT2D eigenvalue weighted by atomic mass is 10.0. The molecule has 1 rings (SSSR count). The van der Waals surface area contributed by atoms with Crippen LogP contribution in [0.4, 0.5) is 26.3 Å². The lowest BCUT2D eigenvalue weighted by Crippen LogP contribution is -2.24. The zero-order valence-electron chi connectivity index (χ0n) is 10.8. The van der Waals surface area contributed by atoms with Crippen molar-refractivity contribution in [3.63, 3.8) is 0 Å². The van der Waals surface area contributed by atoms with Gasteiger partial charge in [0.15, 0.2) is 5.11 Å². The predicted molar refractivity (Wildman–Crippen MR) is 70.5 cm³/mol. The van der Waals surface area contributed by atoms with Crippen LogP contribution >= 0.6 is 12.2 Å². The highest BCUT2D eigenvalue weighted by Gasteiger charge is 2.39. The zero-order chi connectivity index (χ0) is 17.1. The minimum atomic E-state index is -5.04. The molecule has 0 radical (unpaired) electrons. The molecule has 1 aromatic carbocycles. The van der Waals surface area contributed by atoms with Crippen LogP contribution in [0.2, 0.25) is 0 Å². The molecule has 122 valence electrons.